The van der Waals surface area contributed by atoms with Crippen molar-refractivity contribution >= 4 is 11.9 Å². The number of fused-ring (bicyclic) bond motifs is 2. The van der Waals surface area contributed by atoms with Crippen LogP contribution in [0.15, 0.2) is 0 Å². The van der Waals surface area contributed by atoms with Gasteiger partial charge >= 0.3 is 5.97 Å². The Hall–Kier alpha value is -1.92. The average Bonchev–Trinajstić information content (AvgIpc) is 3.00. The topological polar surface area (TPSA) is 88.3 Å². The molecule has 4 atom stereocenters. The highest BCUT2D eigenvalue weighted by Crippen LogP contribution is 2.44. The maximum atomic E-state index is 13.3. The van der Waals surface area contributed by atoms with Gasteiger partial charge in [0, 0.05) is 5.92 Å². The number of aromatic nitrogens is 3. The summed E-state index contributed by atoms with van der Waals surface area (Å²) in [4.78, 5) is 26.7. The number of carbonyl (C=O) groups is 2. The Balaban J connectivity index is 1.60. The standard InChI is InChI=1S/C18H26N4O3/c1-11-19-20-16-10-22(15(18(24)25)9-21(11)16)17(23)14-8-4-6-12-5-2-3-7-13(12)14/h12-15H,2-10H2,1H3,(H,24,25). The predicted molar refractivity (Wildman–Crippen MR) is 89.5 cm³/mol. The minimum absolute atomic E-state index is 0.0172. The van der Waals surface area contributed by atoms with Crippen molar-refractivity contribution in [2.45, 2.75) is 71.0 Å². The van der Waals surface area contributed by atoms with E-state index in [9.17, 15) is 14.7 Å². The molecule has 1 aromatic rings. The summed E-state index contributed by atoms with van der Waals surface area (Å²) in [6, 6.07) is -0.821. The van der Waals surface area contributed by atoms with Gasteiger partial charge in [-0.1, -0.05) is 32.1 Å². The van der Waals surface area contributed by atoms with Crippen LogP contribution < -0.4 is 0 Å². The zero-order valence-corrected chi connectivity index (χ0v) is 14.7. The summed E-state index contributed by atoms with van der Waals surface area (Å²) in [5.41, 5.74) is 0. The van der Waals surface area contributed by atoms with Gasteiger partial charge in [0.25, 0.3) is 0 Å². The van der Waals surface area contributed by atoms with Crippen LogP contribution in [0.4, 0.5) is 0 Å². The minimum Gasteiger partial charge on any atom is -0.480 e. The fourth-order valence-electron chi connectivity index (χ4n) is 5.21. The van der Waals surface area contributed by atoms with Crippen LogP contribution in [0.25, 0.3) is 0 Å². The molecule has 0 spiro atoms. The fraction of sp³-hybridized carbons (Fsp3) is 0.778. The summed E-state index contributed by atoms with van der Waals surface area (Å²) in [7, 11) is 0. The molecule has 7 nitrogen and oxygen atoms in total. The van der Waals surface area contributed by atoms with Crippen LogP contribution >= 0.6 is 0 Å². The Kier molecular flexibility index (Phi) is 4.25. The van der Waals surface area contributed by atoms with Gasteiger partial charge in [-0.25, -0.2) is 4.79 Å². The molecule has 3 aliphatic rings. The Morgan fingerprint density at radius 1 is 1.08 bits per heavy atom. The molecule has 2 saturated carbocycles. The first-order valence-electron chi connectivity index (χ1n) is 9.48. The lowest BCUT2D eigenvalue weighted by Crippen LogP contribution is -2.54. The van der Waals surface area contributed by atoms with Crippen LogP contribution in [0.5, 0.6) is 0 Å². The highest BCUT2D eigenvalue weighted by atomic mass is 16.4. The minimum atomic E-state index is -0.942. The zero-order chi connectivity index (χ0) is 17.6. The molecule has 1 N–H and O–H groups in total. The van der Waals surface area contributed by atoms with Crippen LogP contribution in [-0.2, 0) is 22.7 Å². The van der Waals surface area contributed by atoms with Crippen molar-refractivity contribution in [3.05, 3.63) is 11.6 Å². The van der Waals surface area contributed by atoms with E-state index >= 15 is 0 Å². The third-order valence-electron chi connectivity index (χ3n) is 6.52. The van der Waals surface area contributed by atoms with Crippen molar-refractivity contribution in [3.8, 4) is 0 Å². The van der Waals surface area contributed by atoms with Gasteiger partial charge in [0.05, 0.1) is 13.1 Å². The lowest BCUT2D eigenvalue weighted by atomic mass is 9.65. The maximum Gasteiger partial charge on any atom is 0.328 e. The molecule has 0 aromatic carbocycles. The summed E-state index contributed by atoms with van der Waals surface area (Å²) < 4.78 is 1.83. The average molecular weight is 346 g/mol. The molecule has 1 aromatic heterocycles. The molecule has 136 valence electrons. The quantitative estimate of drug-likeness (QED) is 0.885. The second-order valence-electron chi connectivity index (χ2n) is 7.84. The lowest BCUT2D eigenvalue weighted by molar-refractivity contribution is -0.157. The first kappa shape index (κ1) is 16.5. The molecule has 1 amide bonds. The number of carboxylic acids is 1. The Morgan fingerprint density at radius 3 is 2.64 bits per heavy atom. The number of hydrogen-bond donors (Lipinski definition) is 1. The zero-order valence-electron chi connectivity index (χ0n) is 14.7. The SMILES string of the molecule is Cc1nnc2n1CC(C(=O)O)N(C(=O)C1CCCC3CCCCC31)C2. The Labute approximate surface area is 147 Å². The van der Waals surface area contributed by atoms with Crippen molar-refractivity contribution in [3.63, 3.8) is 0 Å². The monoisotopic (exact) mass is 346 g/mol. The molecule has 25 heavy (non-hydrogen) atoms. The van der Waals surface area contributed by atoms with E-state index in [0.717, 1.165) is 19.3 Å². The van der Waals surface area contributed by atoms with E-state index in [-0.39, 0.29) is 24.9 Å². The highest BCUT2D eigenvalue weighted by molar-refractivity contribution is 5.85. The molecule has 2 heterocycles. The van der Waals surface area contributed by atoms with E-state index in [0.29, 0.717) is 23.5 Å². The van der Waals surface area contributed by atoms with Crippen LogP contribution in [0, 0.1) is 24.7 Å². The third kappa shape index (κ3) is 2.83. The van der Waals surface area contributed by atoms with Gasteiger partial charge in [0.2, 0.25) is 5.91 Å². The predicted octanol–water partition coefficient (Wildman–Crippen LogP) is 1.99. The molecular weight excluding hydrogens is 320 g/mol. The second kappa shape index (κ2) is 6.42. The summed E-state index contributed by atoms with van der Waals surface area (Å²) in [5, 5.41) is 17.9. The number of aliphatic carboxylic acids is 1. The maximum absolute atomic E-state index is 13.3. The molecule has 0 bridgehead atoms. The number of carboxylic acid groups (broad SMARTS) is 1. The van der Waals surface area contributed by atoms with E-state index in [1.54, 1.807) is 4.90 Å². The smallest absolute Gasteiger partial charge is 0.328 e. The Morgan fingerprint density at radius 2 is 1.84 bits per heavy atom. The molecule has 0 radical (unpaired) electrons. The van der Waals surface area contributed by atoms with Crippen molar-refractivity contribution < 1.29 is 14.7 Å². The molecular formula is C18H26N4O3. The Bertz CT molecular complexity index is 684. The van der Waals surface area contributed by atoms with Gasteiger partial charge in [-0.3, -0.25) is 4.79 Å². The normalized spacial score (nSPS) is 32.0. The summed E-state index contributed by atoms with van der Waals surface area (Å²) in [5.74, 6) is 1.55. The number of rotatable bonds is 2. The first-order valence-corrected chi connectivity index (χ1v) is 9.48. The van der Waals surface area contributed by atoms with Gasteiger partial charge in [-0.05, 0) is 31.6 Å². The van der Waals surface area contributed by atoms with Gasteiger partial charge < -0.3 is 14.6 Å². The number of aryl methyl sites for hydroxylation is 1. The van der Waals surface area contributed by atoms with E-state index in [4.69, 9.17) is 0 Å². The van der Waals surface area contributed by atoms with Crippen molar-refractivity contribution in [1.29, 1.82) is 0 Å². The summed E-state index contributed by atoms with van der Waals surface area (Å²) >= 11 is 0. The van der Waals surface area contributed by atoms with Gasteiger partial charge in [-0.2, -0.15) is 0 Å². The largest absolute Gasteiger partial charge is 0.480 e. The van der Waals surface area contributed by atoms with Gasteiger partial charge in [0.15, 0.2) is 5.82 Å². The number of nitrogens with zero attached hydrogens (tertiary/aromatic N) is 4. The van der Waals surface area contributed by atoms with E-state index in [2.05, 4.69) is 10.2 Å². The molecule has 2 aliphatic carbocycles. The number of amides is 1. The van der Waals surface area contributed by atoms with E-state index < -0.39 is 12.0 Å². The van der Waals surface area contributed by atoms with E-state index in [1.165, 1.54) is 25.7 Å². The fourth-order valence-corrected chi connectivity index (χ4v) is 5.21. The highest BCUT2D eigenvalue weighted by Gasteiger charge is 2.44. The third-order valence-corrected chi connectivity index (χ3v) is 6.52. The molecule has 2 fully saturated rings. The molecule has 0 saturated heterocycles. The first-order chi connectivity index (χ1) is 12.1. The summed E-state index contributed by atoms with van der Waals surface area (Å²) in [6.45, 7) is 2.32. The van der Waals surface area contributed by atoms with Gasteiger partial charge in [-0.15, -0.1) is 10.2 Å². The number of hydrogen-bond acceptors (Lipinski definition) is 4. The molecule has 4 unspecified atom stereocenters. The molecule has 1 aliphatic heterocycles. The summed E-state index contributed by atoms with van der Waals surface area (Å²) in [6.07, 6.45) is 8.01. The number of carbonyl (C=O) groups excluding carboxylic acids is 1. The van der Waals surface area contributed by atoms with Gasteiger partial charge in [0.1, 0.15) is 11.9 Å². The van der Waals surface area contributed by atoms with E-state index in [1.807, 2.05) is 11.5 Å². The molecule has 7 heteroatoms. The lowest BCUT2D eigenvalue weighted by Gasteiger charge is -2.44. The molecule has 4 rings (SSSR count). The van der Waals surface area contributed by atoms with Crippen molar-refractivity contribution in [2.75, 3.05) is 0 Å². The van der Waals surface area contributed by atoms with Crippen LogP contribution in [0.1, 0.15) is 56.6 Å². The second-order valence-corrected chi connectivity index (χ2v) is 7.84. The van der Waals surface area contributed by atoms with Crippen LogP contribution in [0.2, 0.25) is 0 Å². The van der Waals surface area contributed by atoms with Crippen molar-refractivity contribution in [1.82, 2.24) is 19.7 Å². The van der Waals surface area contributed by atoms with Crippen LogP contribution in [-0.4, -0.2) is 42.7 Å². The van der Waals surface area contributed by atoms with Crippen molar-refractivity contribution in [2.24, 2.45) is 17.8 Å². The van der Waals surface area contributed by atoms with Crippen LogP contribution in [0.3, 0.4) is 0 Å².